The predicted octanol–water partition coefficient (Wildman–Crippen LogP) is 1.82. The van der Waals surface area contributed by atoms with Crippen LogP contribution in [0.3, 0.4) is 0 Å². The van der Waals surface area contributed by atoms with Crippen molar-refractivity contribution < 1.29 is 4.79 Å². The van der Waals surface area contributed by atoms with E-state index in [1.54, 1.807) is 0 Å². The van der Waals surface area contributed by atoms with Gasteiger partial charge in [0.05, 0.1) is 6.04 Å². The van der Waals surface area contributed by atoms with Gasteiger partial charge in [-0.05, 0) is 44.0 Å². The van der Waals surface area contributed by atoms with Crippen molar-refractivity contribution >= 4 is 11.6 Å². The molecule has 1 aromatic carbocycles. The largest absolute Gasteiger partial charge is 0.385 e. The van der Waals surface area contributed by atoms with Gasteiger partial charge in [-0.25, -0.2) is 0 Å². The Morgan fingerprint density at radius 3 is 2.86 bits per heavy atom. The number of nitrogens with one attached hydrogen (secondary N) is 3. The fourth-order valence-electron chi connectivity index (χ4n) is 1.99. The van der Waals surface area contributed by atoms with Crippen LogP contribution >= 0.6 is 0 Å². The molecule has 0 bridgehead atoms. The van der Waals surface area contributed by atoms with Gasteiger partial charge in [0.1, 0.15) is 0 Å². The Bertz CT molecular complexity index is 596. The summed E-state index contributed by atoms with van der Waals surface area (Å²) in [6.07, 6.45) is 1.06. The zero-order valence-electron chi connectivity index (χ0n) is 12.5. The summed E-state index contributed by atoms with van der Waals surface area (Å²) >= 11 is 0. The number of amides is 1. The van der Waals surface area contributed by atoms with Gasteiger partial charge in [-0.2, -0.15) is 5.21 Å². The molecule has 1 heterocycles. The highest BCUT2D eigenvalue weighted by atomic mass is 16.1. The molecule has 1 atom stereocenters. The number of tetrazole rings is 1. The molecule has 7 nitrogen and oxygen atoms in total. The molecule has 0 spiro atoms. The lowest BCUT2D eigenvalue weighted by atomic mass is 10.1. The number of nitrogens with zero attached hydrogens (tertiary/aromatic N) is 3. The first-order valence-corrected chi connectivity index (χ1v) is 7.00. The van der Waals surface area contributed by atoms with Crippen molar-refractivity contribution in [2.75, 3.05) is 11.9 Å². The quantitative estimate of drug-likeness (QED) is 0.753. The van der Waals surface area contributed by atoms with Crippen molar-refractivity contribution in [3.8, 4) is 0 Å². The van der Waals surface area contributed by atoms with E-state index in [1.807, 2.05) is 32.0 Å². The number of aryl methyl sites for hydroxylation is 1. The molecule has 0 aliphatic carbocycles. The molecule has 0 saturated heterocycles. The second-order valence-corrected chi connectivity index (χ2v) is 4.92. The molecule has 7 heteroatoms. The first-order chi connectivity index (χ1) is 10.1. The number of anilines is 1. The van der Waals surface area contributed by atoms with E-state index in [9.17, 15) is 4.79 Å². The first-order valence-electron chi connectivity index (χ1n) is 7.00. The Morgan fingerprint density at radius 2 is 2.24 bits per heavy atom. The van der Waals surface area contributed by atoms with Crippen LogP contribution in [0.25, 0.3) is 0 Å². The summed E-state index contributed by atoms with van der Waals surface area (Å²) in [7, 11) is 0. The van der Waals surface area contributed by atoms with Gasteiger partial charge in [-0.1, -0.05) is 12.1 Å². The van der Waals surface area contributed by atoms with Gasteiger partial charge in [0.25, 0.3) is 5.91 Å². The van der Waals surface area contributed by atoms with E-state index in [4.69, 9.17) is 0 Å². The number of carbonyl (C=O) groups excluding carboxylic acids is 1. The maximum atomic E-state index is 12.3. The van der Waals surface area contributed by atoms with Crippen molar-refractivity contribution in [2.45, 2.75) is 33.2 Å². The number of hydrogen-bond donors (Lipinski definition) is 3. The highest BCUT2D eigenvalue weighted by molar-refractivity contribution is 5.96. The summed E-state index contributed by atoms with van der Waals surface area (Å²) in [4.78, 5) is 12.3. The lowest BCUT2D eigenvalue weighted by Gasteiger charge is -2.13. The highest BCUT2D eigenvalue weighted by Gasteiger charge is 2.16. The van der Waals surface area contributed by atoms with Gasteiger partial charge in [0.15, 0.2) is 5.82 Å². The Morgan fingerprint density at radius 1 is 1.43 bits per heavy atom. The summed E-state index contributed by atoms with van der Waals surface area (Å²) in [5, 5.41) is 19.7. The minimum atomic E-state index is -0.298. The standard InChI is InChI=1S/C14H20N6O/c1-4-7-15-11-5-6-12(9(2)8-11)14(21)16-10(3)13-17-19-20-18-13/h5-6,8,10,15H,4,7H2,1-3H3,(H,16,21)(H,17,18,19,20). The Balaban J connectivity index is 2.05. The van der Waals surface area contributed by atoms with Crippen molar-refractivity contribution in [1.29, 1.82) is 0 Å². The van der Waals surface area contributed by atoms with Crippen LogP contribution in [0.2, 0.25) is 0 Å². The maximum Gasteiger partial charge on any atom is 0.252 e. The molecule has 1 unspecified atom stereocenters. The summed E-state index contributed by atoms with van der Waals surface area (Å²) in [6.45, 7) is 6.77. The lowest BCUT2D eigenvalue weighted by Crippen LogP contribution is -2.28. The summed E-state index contributed by atoms with van der Waals surface area (Å²) < 4.78 is 0. The van der Waals surface area contributed by atoms with E-state index in [2.05, 4.69) is 38.2 Å². The Hall–Kier alpha value is -2.44. The number of aromatic amines is 1. The average molecular weight is 288 g/mol. The monoisotopic (exact) mass is 288 g/mol. The Kier molecular flexibility index (Phi) is 4.86. The lowest BCUT2D eigenvalue weighted by molar-refractivity contribution is 0.0937. The van der Waals surface area contributed by atoms with Crippen LogP contribution < -0.4 is 10.6 Å². The molecule has 0 radical (unpaired) electrons. The zero-order valence-corrected chi connectivity index (χ0v) is 12.5. The van der Waals surface area contributed by atoms with E-state index in [-0.39, 0.29) is 11.9 Å². The molecule has 3 N–H and O–H groups in total. The minimum absolute atomic E-state index is 0.146. The SMILES string of the molecule is CCCNc1ccc(C(=O)NC(C)c2nn[nH]n2)c(C)c1. The average Bonchev–Trinajstić information content (AvgIpc) is 2.99. The normalized spacial score (nSPS) is 12.0. The third-order valence-electron chi connectivity index (χ3n) is 3.15. The van der Waals surface area contributed by atoms with E-state index in [0.717, 1.165) is 24.2 Å². The second-order valence-electron chi connectivity index (χ2n) is 4.92. The van der Waals surface area contributed by atoms with Gasteiger partial charge >= 0.3 is 0 Å². The van der Waals surface area contributed by atoms with Gasteiger partial charge in [0, 0.05) is 17.8 Å². The molecule has 0 fully saturated rings. The van der Waals surface area contributed by atoms with Gasteiger partial charge in [0.2, 0.25) is 0 Å². The molecule has 112 valence electrons. The summed E-state index contributed by atoms with van der Waals surface area (Å²) in [5.41, 5.74) is 2.60. The maximum absolute atomic E-state index is 12.3. The van der Waals surface area contributed by atoms with Crippen LogP contribution in [-0.4, -0.2) is 33.1 Å². The van der Waals surface area contributed by atoms with E-state index >= 15 is 0 Å². The molecular formula is C14H20N6O. The summed E-state index contributed by atoms with van der Waals surface area (Å²) in [6, 6.07) is 5.42. The van der Waals surface area contributed by atoms with Crippen LogP contribution in [-0.2, 0) is 0 Å². The van der Waals surface area contributed by atoms with Crippen LogP contribution in [0.15, 0.2) is 18.2 Å². The molecule has 1 aromatic heterocycles. The smallest absolute Gasteiger partial charge is 0.252 e. The van der Waals surface area contributed by atoms with Crippen LogP contribution in [0.5, 0.6) is 0 Å². The fraction of sp³-hybridized carbons (Fsp3) is 0.429. The first kappa shape index (κ1) is 15.0. The molecule has 0 saturated carbocycles. The minimum Gasteiger partial charge on any atom is -0.385 e. The number of rotatable bonds is 6. The number of carbonyl (C=O) groups is 1. The van der Waals surface area contributed by atoms with Crippen molar-refractivity contribution in [2.24, 2.45) is 0 Å². The molecule has 0 aliphatic rings. The van der Waals surface area contributed by atoms with Crippen LogP contribution in [0, 0.1) is 6.92 Å². The van der Waals surface area contributed by atoms with E-state index in [1.165, 1.54) is 0 Å². The fourth-order valence-corrected chi connectivity index (χ4v) is 1.99. The predicted molar refractivity (Wildman–Crippen MR) is 80.0 cm³/mol. The molecule has 1 amide bonds. The van der Waals surface area contributed by atoms with Crippen molar-refractivity contribution in [3.63, 3.8) is 0 Å². The topological polar surface area (TPSA) is 95.6 Å². The van der Waals surface area contributed by atoms with Crippen molar-refractivity contribution in [1.82, 2.24) is 25.9 Å². The van der Waals surface area contributed by atoms with Crippen LogP contribution in [0.1, 0.15) is 48.1 Å². The van der Waals surface area contributed by atoms with Gasteiger partial charge in [-0.15, -0.1) is 10.2 Å². The third-order valence-corrected chi connectivity index (χ3v) is 3.15. The zero-order chi connectivity index (χ0) is 15.2. The number of hydrogen-bond acceptors (Lipinski definition) is 5. The van der Waals surface area contributed by atoms with E-state index in [0.29, 0.717) is 11.4 Å². The molecular weight excluding hydrogens is 268 g/mol. The molecule has 21 heavy (non-hydrogen) atoms. The molecule has 0 aliphatic heterocycles. The van der Waals surface area contributed by atoms with Crippen LogP contribution in [0.4, 0.5) is 5.69 Å². The summed E-state index contributed by atoms with van der Waals surface area (Å²) in [5.74, 6) is 0.314. The van der Waals surface area contributed by atoms with Gasteiger partial charge in [-0.3, -0.25) is 4.79 Å². The Labute approximate surface area is 123 Å². The highest BCUT2D eigenvalue weighted by Crippen LogP contribution is 2.16. The molecule has 2 rings (SSSR count). The van der Waals surface area contributed by atoms with Crippen molar-refractivity contribution in [3.05, 3.63) is 35.2 Å². The third kappa shape index (κ3) is 3.77. The van der Waals surface area contributed by atoms with E-state index < -0.39 is 0 Å². The molecule has 2 aromatic rings. The number of H-pyrrole nitrogens is 1. The number of aromatic nitrogens is 4. The van der Waals surface area contributed by atoms with Gasteiger partial charge < -0.3 is 10.6 Å². The number of benzene rings is 1. The second kappa shape index (κ2) is 6.83.